The molecule has 0 aliphatic carbocycles. The zero-order chi connectivity index (χ0) is 5.91. The molecule has 0 atom stereocenters. The third kappa shape index (κ3) is 6.90. The van der Waals surface area contributed by atoms with Gasteiger partial charge in [-0.2, -0.15) is 0 Å². The van der Waals surface area contributed by atoms with E-state index in [1.807, 2.05) is 9.94 Å². The molecule has 0 aromatic heterocycles. The Bertz CT molecular complexity index is 105. The molecule has 0 heterocycles. The molecule has 0 rings (SSSR count). The predicted molar refractivity (Wildman–Crippen MR) is 33.9 cm³/mol. The van der Waals surface area contributed by atoms with E-state index in [1.165, 1.54) is 0 Å². The van der Waals surface area contributed by atoms with Crippen LogP contribution in [0.15, 0.2) is 2.61 Å². The van der Waals surface area contributed by atoms with Crippen LogP contribution in [0, 0.1) is 0 Å². The molecule has 0 amide bonds. The maximum absolute atomic E-state index is 9.66. The van der Waals surface area contributed by atoms with Gasteiger partial charge in [-0.05, 0) is 0 Å². The summed E-state index contributed by atoms with van der Waals surface area (Å²) < 4.78 is 13.2. The number of rotatable bonds is 1. The molecular weight excluding hydrogens is 249 g/mol. The Kier molecular flexibility index (Phi) is 3.42. The molecule has 0 spiro atoms. The van der Waals surface area contributed by atoms with Crippen LogP contribution in [0.25, 0.3) is 0 Å². The SMILES string of the molecule is C[Te](C)(Cl)N=S=O. The van der Waals surface area contributed by atoms with Crippen LogP contribution in [0.4, 0.5) is 0 Å². The van der Waals surface area contributed by atoms with Crippen molar-refractivity contribution in [3.05, 3.63) is 0 Å². The third-order valence-electron chi connectivity index (χ3n) is 0.208. The number of hydrogen-bond acceptors (Lipinski definition) is 2. The molecule has 0 saturated heterocycles. The van der Waals surface area contributed by atoms with Gasteiger partial charge in [-0.25, -0.2) is 0 Å². The Hall–Kier alpha value is 0.900. The standard InChI is InChI=1S/C2H6ClNOSTe/c1-7(2,3)4-6-5/h1-2H3. The molecule has 0 bridgehead atoms. The molecule has 0 N–H and O–H groups in total. The van der Waals surface area contributed by atoms with Crippen LogP contribution in [-0.2, 0) is 11.5 Å². The molecule has 0 aromatic carbocycles. The summed E-state index contributed by atoms with van der Waals surface area (Å²) in [5.41, 5.74) is 0. The number of halogens is 1. The molecular formula is C2H6ClNOSTe. The van der Waals surface area contributed by atoms with E-state index in [0.29, 0.717) is 0 Å². The van der Waals surface area contributed by atoms with Crippen molar-refractivity contribution in [2.75, 3.05) is 0 Å². The molecule has 0 unspecified atom stereocenters. The molecule has 0 fully saturated rings. The van der Waals surface area contributed by atoms with Gasteiger partial charge in [0.1, 0.15) is 0 Å². The average Bonchev–Trinajstić information content (AvgIpc) is 1.30. The van der Waals surface area contributed by atoms with Crippen molar-refractivity contribution < 1.29 is 4.21 Å². The van der Waals surface area contributed by atoms with Gasteiger partial charge in [-0.3, -0.25) is 0 Å². The molecule has 44 valence electrons. The van der Waals surface area contributed by atoms with Crippen LogP contribution in [0.3, 0.4) is 0 Å². The Morgan fingerprint density at radius 3 is 2.14 bits per heavy atom. The zero-order valence-corrected chi connectivity index (χ0v) is 7.95. The molecule has 7 heavy (non-hydrogen) atoms. The Morgan fingerprint density at radius 1 is 1.71 bits per heavy atom. The van der Waals surface area contributed by atoms with E-state index in [1.54, 1.807) is 0 Å². The molecule has 2 nitrogen and oxygen atoms in total. The normalized spacial score (nSPS) is 13.0. The minimum absolute atomic E-state index is 0.236. The molecule has 0 radical (unpaired) electrons. The second-order valence-corrected chi connectivity index (χ2v) is 14.5. The topological polar surface area (TPSA) is 29.4 Å². The Morgan fingerprint density at radius 2 is 2.14 bits per heavy atom. The summed E-state index contributed by atoms with van der Waals surface area (Å²) in [4.78, 5) is 3.68. The van der Waals surface area contributed by atoms with Gasteiger partial charge >= 0.3 is 54.5 Å². The predicted octanol–water partition coefficient (Wildman–Crippen LogP) is 1.32. The monoisotopic (exact) mass is 257 g/mol. The second-order valence-electron chi connectivity index (χ2n) is 1.30. The molecule has 0 aliphatic heterocycles. The Balaban J connectivity index is 3.80. The molecule has 0 aromatic rings. The van der Waals surface area contributed by atoms with Crippen LogP contribution in [-0.4, -0.2) is 21.5 Å². The third-order valence-corrected chi connectivity index (χ3v) is 5.31. The average molecular weight is 255 g/mol. The summed E-state index contributed by atoms with van der Waals surface area (Å²) in [7, 11) is 5.64. The second kappa shape index (κ2) is 3.03. The maximum atomic E-state index is 9.66. The van der Waals surface area contributed by atoms with E-state index >= 15 is 0 Å². The number of nitrogens with zero attached hydrogens (tertiary/aromatic N) is 1. The summed E-state index contributed by atoms with van der Waals surface area (Å²) in [6.45, 7) is 0. The number of hydrogen-bond donors (Lipinski definition) is 0. The summed E-state index contributed by atoms with van der Waals surface area (Å²) in [5.74, 6) is 0. The summed E-state index contributed by atoms with van der Waals surface area (Å²) in [5, 5.41) is 0. The first-order valence-corrected chi connectivity index (χ1v) is 10.9. The van der Waals surface area contributed by atoms with E-state index < -0.39 is 17.3 Å². The van der Waals surface area contributed by atoms with Crippen molar-refractivity contribution in [3.8, 4) is 0 Å². The molecule has 5 heteroatoms. The minimum atomic E-state index is -2.35. The first-order chi connectivity index (χ1) is 3.06. The Labute approximate surface area is 54.4 Å². The van der Waals surface area contributed by atoms with Crippen molar-refractivity contribution in [2.24, 2.45) is 2.61 Å². The van der Waals surface area contributed by atoms with Crippen LogP contribution in [0.1, 0.15) is 0 Å². The molecule has 0 saturated carbocycles. The summed E-state index contributed by atoms with van der Waals surface area (Å²) in [6.07, 6.45) is 0. The summed E-state index contributed by atoms with van der Waals surface area (Å²) in [6, 6.07) is 0. The summed E-state index contributed by atoms with van der Waals surface area (Å²) >= 11 is -2.12. The van der Waals surface area contributed by atoms with Crippen LogP contribution in [0.5, 0.6) is 0 Å². The van der Waals surface area contributed by atoms with Gasteiger partial charge in [-0.15, -0.1) is 0 Å². The first kappa shape index (κ1) is 7.90. The van der Waals surface area contributed by atoms with E-state index in [-0.39, 0.29) is 11.5 Å². The zero-order valence-electron chi connectivity index (χ0n) is 4.05. The van der Waals surface area contributed by atoms with Gasteiger partial charge in [0, 0.05) is 0 Å². The van der Waals surface area contributed by atoms with E-state index in [0.717, 1.165) is 0 Å². The van der Waals surface area contributed by atoms with E-state index in [2.05, 4.69) is 2.61 Å². The fraction of sp³-hybridized carbons (Fsp3) is 1.00. The van der Waals surface area contributed by atoms with Gasteiger partial charge in [0.15, 0.2) is 0 Å². The molecule has 0 aliphatic rings. The van der Waals surface area contributed by atoms with E-state index in [9.17, 15) is 4.21 Å². The van der Waals surface area contributed by atoms with Gasteiger partial charge in [0.05, 0.1) is 0 Å². The fourth-order valence-corrected chi connectivity index (χ4v) is 1.92. The first-order valence-electron chi connectivity index (χ1n) is 1.50. The van der Waals surface area contributed by atoms with E-state index in [4.69, 9.17) is 8.96 Å². The van der Waals surface area contributed by atoms with Crippen molar-refractivity contribution in [3.63, 3.8) is 0 Å². The van der Waals surface area contributed by atoms with Gasteiger partial charge in [-0.1, -0.05) is 0 Å². The van der Waals surface area contributed by atoms with Crippen LogP contribution < -0.4 is 0 Å². The van der Waals surface area contributed by atoms with Gasteiger partial charge < -0.3 is 0 Å². The van der Waals surface area contributed by atoms with Crippen molar-refractivity contribution in [1.29, 1.82) is 0 Å². The van der Waals surface area contributed by atoms with Crippen molar-refractivity contribution >= 4 is 37.8 Å². The van der Waals surface area contributed by atoms with Crippen molar-refractivity contribution in [2.45, 2.75) is 9.94 Å². The van der Waals surface area contributed by atoms with Crippen molar-refractivity contribution in [1.82, 2.24) is 0 Å². The van der Waals surface area contributed by atoms with Crippen LogP contribution >= 0.6 is 8.96 Å². The quantitative estimate of drug-likeness (QED) is 0.650. The van der Waals surface area contributed by atoms with Gasteiger partial charge in [0.2, 0.25) is 0 Å². The van der Waals surface area contributed by atoms with Crippen LogP contribution in [0.2, 0.25) is 9.94 Å². The van der Waals surface area contributed by atoms with Gasteiger partial charge in [0.25, 0.3) is 0 Å². The fourth-order valence-electron chi connectivity index (χ4n) is 0.0724.